The van der Waals surface area contributed by atoms with Gasteiger partial charge in [0.1, 0.15) is 5.60 Å². The van der Waals surface area contributed by atoms with E-state index in [1.165, 1.54) is 0 Å². The van der Waals surface area contributed by atoms with Crippen LogP contribution in [0.15, 0.2) is 16.9 Å². The standard InChI is InChI=1S/C14H21BrN4O3/c1-14(2,3)22-13(20)18-6-4-11(5-7-18)19(21)12-16-8-10(15)9-17-12/h8-9,11,21H,4-7H2,1-3H3. The zero-order valence-corrected chi connectivity index (χ0v) is 14.6. The van der Waals surface area contributed by atoms with Gasteiger partial charge in [0, 0.05) is 25.5 Å². The predicted octanol–water partition coefficient (Wildman–Crippen LogP) is 2.83. The zero-order chi connectivity index (χ0) is 16.3. The molecule has 0 atom stereocenters. The van der Waals surface area contributed by atoms with Crippen LogP contribution in [0.2, 0.25) is 0 Å². The molecule has 0 spiro atoms. The minimum absolute atomic E-state index is 0.111. The van der Waals surface area contributed by atoms with Crippen LogP contribution in [-0.4, -0.2) is 50.9 Å². The number of aromatic nitrogens is 2. The van der Waals surface area contributed by atoms with Crippen LogP contribution in [0, 0.1) is 0 Å². The summed E-state index contributed by atoms with van der Waals surface area (Å²) in [5.74, 6) is 0.263. The van der Waals surface area contributed by atoms with Crippen LogP contribution < -0.4 is 5.06 Å². The fourth-order valence-corrected chi connectivity index (χ4v) is 2.41. The molecule has 22 heavy (non-hydrogen) atoms. The Labute approximate surface area is 138 Å². The lowest BCUT2D eigenvalue weighted by Gasteiger charge is -2.35. The molecule has 122 valence electrons. The predicted molar refractivity (Wildman–Crippen MR) is 84.8 cm³/mol. The summed E-state index contributed by atoms with van der Waals surface area (Å²) in [6, 6.07) is -0.111. The molecule has 1 amide bonds. The number of hydrogen-bond donors (Lipinski definition) is 1. The molecule has 1 aliphatic heterocycles. The van der Waals surface area contributed by atoms with Crippen molar-refractivity contribution in [2.24, 2.45) is 0 Å². The first-order valence-electron chi connectivity index (χ1n) is 7.20. The summed E-state index contributed by atoms with van der Waals surface area (Å²) in [6.07, 6.45) is 4.13. The first-order chi connectivity index (χ1) is 10.3. The molecule has 7 nitrogen and oxygen atoms in total. The van der Waals surface area contributed by atoms with Gasteiger partial charge in [0.15, 0.2) is 0 Å². The summed E-state index contributed by atoms with van der Waals surface area (Å²) in [5, 5.41) is 11.3. The minimum atomic E-state index is -0.498. The van der Waals surface area contributed by atoms with Gasteiger partial charge in [-0.3, -0.25) is 5.21 Å². The van der Waals surface area contributed by atoms with Crippen LogP contribution in [0.25, 0.3) is 0 Å². The number of likely N-dealkylation sites (tertiary alicyclic amines) is 1. The third-order valence-electron chi connectivity index (χ3n) is 3.27. The minimum Gasteiger partial charge on any atom is -0.444 e. The summed E-state index contributed by atoms with van der Waals surface area (Å²) >= 11 is 3.26. The SMILES string of the molecule is CC(C)(C)OC(=O)N1CCC(N(O)c2ncc(Br)cn2)CC1. The monoisotopic (exact) mass is 372 g/mol. The van der Waals surface area contributed by atoms with Gasteiger partial charge in [-0.25, -0.2) is 19.8 Å². The van der Waals surface area contributed by atoms with Gasteiger partial charge in [-0.1, -0.05) is 0 Å². The number of halogens is 1. The molecule has 8 heteroatoms. The largest absolute Gasteiger partial charge is 0.444 e. The van der Waals surface area contributed by atoms with Crippen LogP contribution >= 0.6 is 15.9 Å². The maximum atomic E-state index is 12.0. The Hall–Kier alpha value is -1.41. The Kier molecular flexibility index (Phi) is 5.23. The number of anilines is 1. The Morgan fingerprint density at radius 1 is 1.36 bits per heavy atom. The highest BCUT2D eigenvalue weighted by Crippen LogP contribution is 2.21. The molecule has 1 N–H and O–H groups in total. The molecule has 2 rings (SSSR count). The fraction of sp³-hybridized carbons (Fsp3) is 0.643. The Balaban J connectivity index is 1.89. The van der Waals surface area contributed by atoms with E-state index >= 15 is 0 Å². The van der Waals surface area contributed by atoms with E-state index in [9.17, 15) is 10.0 Å². The van der Waals surface area contributed by atoms with Crippen molar-refractivity contribution >= 4 is 28.0 Å². The number of carbonyl (C=O) groups is 1. The Morgan fingerprint density at radius 2 is 1.91 bits per heavy atom. The Bertz CT molecular complexity index is 510. The Morgan fingerprint density at radius 3 is 2.41 bits per heavy atom. The second kappa shape index (κ2) is 6.78. The molecule has 0 aliphatic carbocycles. The molecule has 0 saturated carbocycles. The summed E-state index contributed by atoms with van der Waals surface area (Å²) in [4.78, 5) is 21.8. The third kappa shape index (κ3) is 4.54. The van der Waals surface area contributed by atoms with Crippen LogP contribution in [0.4, 0.5) is 10.7 Å². The molecule has 1 saturated heterocycles. The molecule has 0 aromatic carbocycles. The average molecular weight is 373 g/mol. The van der Waals surface area contributed by atoms with Gasteiger partial charge in [-0.15, -0.1) is 0 Å². The van der Waals surface area contributed by atoms with Gasteiger partial charge < -0.3 is 9.64 Å². The van der Waals surface area contributed by atoms with Crippen molar-refractivity contribution in [3.63, 3.8) is 0 Å². The molecule has 2 heterocycles. The quantitative estimate of drug-likeness (QED) is 0.804. The van der Waals surface area contributed by atoms with Crippen molar-refractivity contribution in [2.75, 3.05) is 18.2 Å². The van der Waals surface area contributed by atoms with E-state index in [1.807, 2.05) is 20.8 Å². The third-order valence-corrected chi connectivity index (χ3v) is 3.68. The lowest BCUT2D eigenvalue weighted by molar-refractivity contribution is 0.0180. The molecular formula is C14H21BrN4O3. The molecule has 1 fully saturated rings. The summed E-state index contributed by atoms with van der Waals surface area (Å²) < 4.78 is 6.11. The number of carbonyl (C=O) groups excluding carboxylic acids is 1. The lowest BCUT2D eigenvalue weighted by atomic mass is 10.1. The van der Waals surface area contributed by atoms with E-state index in [4.69, 9.17) is 4.74 Å². The number of ether oxygens (including phenoxy) is 1. The number of piperidine rings is 1. The maximum absolute atomic E-state index is 12.0. The van der Waals surface area contributed by atoms with Gasteiger partial charge >= 0.3 is 6.09 Å². The van der Waals surface area contributed by atoms with Crippen LogP contribution in [0.3, 0.4) is 0 Å². The molecule has 1 aliphatic rings. The van der Waals surface area contributed by atoms with E-state index in [1.54, 1.807) is 17.3 Å². The fourth-order valence-electron chi connectivity index (χ4n) is 2.21. The van der Waals surface area contributed by atoms with Gasteiger partial charge in [0.05, 0.1) is 10.5 Å². The number of hydrogen-bond acceptors (Lipinski definition) is 6. The molecule has 0 radical (unpaired) electrons. The van der Waals surface area contributed by atoms with Crippen molar-refractivity contribution < 1.29 is 14.7 Å². The van der Waals surface area contributed by atoms with Gasteiger partial charge in [0.25, 0.3) is 0 Å². The van der Waals surface area contributed by atoms with E-state index in [-0.39, 0.29) is 18.1 Å². The van der Waals surface area contributed by atoms with Crippen LogP contribution in [0.1, 0.15) is 33.6 Å². The number of rotatable bonds is 2. The number of hydroxylamine groups is 1. The first-order valence-corrected chi connectivity index (χ1v) is 7.99. The summed E-state index contributed by atoms with van der Waals surface area (Å²) in [5.41, 5.74) is -0.498. The summed E-state index contributed by atoms with van der Waals surface area (Å²) in [6.45, 7) is 6.61. The number of amides is 1. The van der Waals surface area contributed by atoms with Crippen molar-refractivity contribution in [1.82, 2.24) is 14.9 Å². The van der Waals surface area contributed by atoms with Gasteiger partial charge in [0.2, 0.25) is 5.95 Å². The lowest BCUT2D eigenvalue weighted by Crippen LogP contribution is -2.47. The number of nitrogens with zero attached hydrogens (tertiary/aromatic N) is 4. The zero-order valence-electron chi connectivity index (χ0n) is 13.0. The molecule has 0 bridgehead atoms. The van der Waals surface area contributed by atoms with Crippen molar-refractivity contribution in [3.8, 4) is 0 Å². The average Bonchev–Trinajstić information content (AvgIpc) is 2.46. The smallest absolute Gasteiger partial charge is 0.410 e. The van der Waals surface area contributed by atoms with Crippen molar-refractivity contribution in [1.29, 1.82) is 0 Å². The van der Waals surface area contributed by atoms with Gasteiger partial charge in [-0.05, 0) is 49.5 Å². The highest BCUT2D eigenvalue weighted by molar-refractivity contribution is 9.10. The molecule has 1 aromatic rings. The van der Waals surface area contributed by atoms with E-state index in [0.29, 0.717) is 25.9 Å². The summed E-state index contributed by atoms with van der Waals surface area (Å²) in [7, 11) is 0. The second-order valence-corrected chi connectivity index (χ2v) is 7.16. The second-order valence-electron chi connectivity index (χ2n) is 6.24. The van der Waals surface area contributed by atoms with Crippen molar-refractivity contribution in [2.45, 2.75) is 45.3 Å². The normalized spacial score (nSPS) is 16.5. The van der Waals surface area contributed by atoms with Crippen molar-refractivity contribution in [3.05, 3.63) is 16.9 Å². The topological polar surface area (TPSA) is 78.8 Å². The highest BCUT2D eigenvalue weighted by Gasteiger charge is 2.30. The first kappa shape index (κ1) is 17.0. The van der Waals surface area contributed by atoms with Crippen LogP contribution in [-0.2, 0) is 4.74 Å². The molecule has 0 unspecified atom stereocenters. The molecule has 1 aromatic heterocycles. The maximum Gasteiger partial charge on any atom is 0.410 e. The van der Waals surface area contributed by atoms with E-state index in [0.717, 1.165) is 9.54 Å². The van der Waals surface area contributed by atoms with E-state index < -0.39 is 5.60 Å². The molecular weight excluding hydrogens is 352 g/mol. The van der Waals surface area contributed by atoms with Crippen LogP contribution in [0.5, 0.6) is 0 Å². The van der Waals surface area contributed by atoms with E-state index in [2.05, 4.69) is 25.9 Å². The highest BCUT2D eigenvalue weighted by atomic mass is 79.9. The van der Waals surface area contributed by atoms with Gasteiger partial charge in [-0.2, -0.15) is 0 Å².